The molecule has 0 saturated carbocycles. The van der Waals surface area contributed by atoms with Crippen molar-refractivity contribution in [2.24, 2.45) is 0 Å². The molecule has 2 aromatic carbocycles. The Kier molecular flexibility index (Phi) is 6.43. The van der Waals surface area contributed by atoms with Crippen molar-refractivity contribution in [1.82, 2.24) is 14.5 Å². The lowest BCUT2D eigenvalue weighted by atomic mass is 10.1. The van der Waals surface area contributed by atoms with E-state index in [-0.39, 0.29) is 23.1 Å². The van der Waals surface area contributed by atoms with Crippen LogP contribution in [0, 0.1) is 6.92 Å². The molecule has 170 valence electrons. The van der Waals surface area contributed by atoms with Gasteiger partial charge in [-0.3, -0.25) is 23.7 Å². The number of Topliss-reactive ketones (excluding diaryl/α,β-unsaturated/α-hetero) is 1. The number of hydrogen-bond donors (Lipinski definition) is 1. The Morgan fingerprint density at radius 1 is 0.970 bits per heavy atom. The van der Waals surface area contributed by atoms with Gasteiger partial charge < -0.3 is 5.32 Å². The van der Waals surface area contributed by atoms with E-state index in [2.05, 4.69) is 5.32 Å². The predicted molar refractivity (Wildman–Crippen MR) is 110 cm³/mol. The first-order valence-electron chi connectivity index (χ1n) is 9.42. The van der Waals surface area contributed by atoms with Crippen LogP contribution in [0.1, 0.15) is 38.0 Å². The number of aromatic nitrogens is 2. The Morgan fingerprint density at radius 2 is 1.58 bits per heavy atom. The molecule has 0 saturated heterocycles. The lowest BCUT2D eigenvalue weighted by Gasteiger charge is -2.20. The molecule has 1 aromatic heterocycles. The zero-order valence-electron chi connectivity index (χ0n) is 17.0. The number of aryl methyl sites for hydroxylation is 1. The Morgan fingerprint density at radius 3 is 2.12 bits per heavy atom. The maximum atomic E-state index is 13.0. The quantitative estimate of drug-likeness (QED) is 0.449. The summed E-state index contributed by atoms with van der Waals surface area (Å²) in [6.07, 6.45) is -5.24. The molecule has 0 aliphatic carbocycles. The molecule has 0 radical (unpaired) electrons. The van der Waals surface area contributed by atoms with Crippen LogP contribution in [-0.2, 0) is 11.0 Å². The van der Waals surface area contributed by atoms with E-state index < -0.39 is 40.8 Å². The van der Waals surface area contributed by atoms with E-state index in [1.165, 1.54) is 31.2 Å². The van der Waals surface area contributed by atoms with Gasteiger partial charge in [0.1, 0.15) is 0 Å². The van der Waals surface area contributed by atoms with Gasteiger partial charge in [-0.1, -0.05) is 30.3 Å². The van der Waals surface area contributed by atoms with Crippen molar-refractivity contribution in [3.8, 4) is 0 Å². The standard InChI is InChI=1S/C22H16F3N3O5/c1-13-11-27(21(33)28(19(13)31)20(32)15-5-3-2-4-6-15)18(26-12-29)17(30)14-7-9-16(10-8-14)22(23,24)25/h2-12,18H,1H3,(H,26,29). The predicted octanol–water partition coefficient (Wildman–Crippen LogP) is 2.15. The Balaban J connectivity index is 2.12. The highest BCUT2D eigenvalue weighted by Gasteiger charge is 2.31. The number of rotatable bonds is 6. The van der Waals surface area contributed by atoms with E-state index in [4.69, 9.17) is 0 Å². The van der Waals surface area contributed by atoms with Crippen LogP contribution in [0.4, 0.5) is 13.2 Å². The molecule has 1 unspecified atom stereocenters. The summed E-state index contributed by atoms with van der Waals surface area (Å²) in [5.41, 5.74) is -3.41. The lowest BCUT2D eigenvalue weighted by molar-refractivity contribution is -0.137. The second-order valence-electron chi connectivity index (χ2n) is 6.94. The average molecular weight is 459 g/mol. The fourth-order valence-electron chi connectivity index (χ4n) is 3.10. The highest BCUT2D eigenvalue weighted by Crippen LogP contribution is 2.29. The molecule has 3 aromatic rings. The van der Waals surface area contributed by atoms with Crippen LogP contribution in [0.15, 0.2) is 70.4 Å². The van der Waals surface area contributed by atoms with Gasteiger partial charge in [0.05, 0.1) is 5.56 Å². The molecule has 1 amide bonds. The summed E-state index contributed by atoms with van der Waals surface area (Å²) in [4.78, 5) is 62.5. The number of alkyl halides is 3. The van der Waals surface area contributed by atoms with Gasteiger partial charge in [0, 0.05) is 22.9 Å². The fraction of sp³-hybridized carbons (Fsp3) is 0.136. The Hall–Kier alpha value is -4.28. The third kappa shape index (κ3) is 4.66. The first-order valence-corrected chi connectivity index (χ1v) is 9.42. The Labute approximate surface area is 183 Å². The smallest absolute Gasteiger partial charge is 0.331 e. The molecule has 0 aliphatic heterocycles. The minimum atomic E-state index is -4.62. The molecule has 1 heterocycles. The van der Waals surface area contributed by atoms with E-state index in [0.29, 0.717) is 21.3 Å². The highest BCUT2D eigenvalue weighted by atomic mass is 19.4. The summed E-state index contributed by atoms with van der Waals surface area (Å²) < 4.78 is 39.4. The zero-order chi connectivity index (χ0) is 24.3. The Bertz CT molecular complexity index is 1330. The maximum Gasteiger partial charge on any atom is 0.416 e. The number of benzene rings is 2. The number of ketones is 1. The number of amides is 1. The van der Waals surface area contributed by atoms with Crippen LogP contribution in [-0.4, -0.2) is 27.2 Å². The van der Waals surface area contributed by atoms with Crippen molar-refractivity contribution in [1.29, 1.82) is 0 Å². The summed E-state index contributed by atoms with van der Waals surface area (Å²) in [6, 6.07) is 10.6. The van der Waals surface area contributed by atoms with Crippen LogP contribution < -0.4 is 16.6 Å². The molecule has 1 N–H and O–H groups in total. The van der Waals surface area contributed by atoms with Gasteiger partial charge in [-0.15, -0.1) is 0 Å². The lowest BCUT2D eigenvalue weighted by Crippen LogP contribution is -2.49. The van der Waals surface area contributed by atoms with E-state index >= 15 is 0 Å². The minimum Gasteiger partial charge on any atom is -0.331 e. The molecule has 8 nitrogen and oxygen atoms in total. The molecule has 1 atom stereocenters. The van der Waals surface area contributed by atoms with Gasteiger partial charge in [-0.05, 0) is 31.2 Å². The van der Waals surface area contributed by atoms with Crippen molar-refractivity contribution in [3.05, 3.63) is 104 Å². The van der Waals surface area contributed by atoms with Crippen molar-refractivity contribution < 1.29 is 27.6 Å². The van der Waals surface area contributed by atoms with Gasteiger partial charge in [-0.25, -0.2) is 4.79 Å². The number of hydrogen-bond acceptors (Lipinski definition) is 5. The van der Waals surface area contributed by atoms with Crippen LogP contribution in [0.2, 0.25) is 0 Å². The largest absolute Gasteiger partial charge is 0.416 e. The topological polar surface area (TPSA) is 107 Å². The number of halogens is 3. The molecule has 0 aliphatic rings. The first kappa shape index (κ1) is 23.4. The second kappa shape index (κ2) is 9.07. The molecular formula is C22H16F3N3O5. The fourth-order valence-corrected chi connectivity index (χ4v) is 3.10. The molecule has 0 fully saturated rings. The molecule has 11 heteroatoms. The number of nitrogens with zero attached hydrogens (tertiary/aromatic N) is 2. The van der Waals surface area contributed by atoms with E-state index in [0.717, 1.165) is 18.3 Å². The third-order valence-corrected chi connectivity index (χ3v) is 4.76. The summed E-state index contributed by atoms with van der Waals surface area (Å²) >= 11 is 0. The van der Waals surface area contributed by atoms with E-state index in [1.54, 1.807) is 6.07 Å². The molecule has 33 heavy (non-hydrogen) atoms. The van der Waals surface area contributed by atoms with Crippen LogP contribution in [0.25, 0.3) is 0 Å². The summed E-state index contributed by atoms with van der Waals surface area (Å²) in [5, 5.41) is 2.12. The van der Waals surface area contributed by atoms with Gasteiger partial charge in [-0.2, -0.15) is 17.7 Å². The minimum absolute atomic E-state index is 0.0304. The summed E-state index contributed by atoms with van der Waals surface area (Å²) in [7, 11) is 0. The zero-order valence-corrected chi connectivity index (χ0v) is 17.0. The van der Waals surface area contributed by atoms with Crippen LogP contribution >= 0.6 is 0 Å². The van der Waals surface area contributed by atoms with Crippen LogP contribution in [0.5, 0.6) is 0 Å². The third-order valence-electron chi connectivity index (χ3n) is 4.76. The van der Waals surface area contributed by atoms with Crippen molar-refractivity contribution in [3.63, 3.8) is 0 Å². The SMILES string of the molecule is Cc1cn(C(NC=O)C(=O)c2ccc(C(F)(F)F)cc2)c(=O)n(C(=O)c2ccccc2)c1=O. The van der Waals surface area contributed by atoms with E-state index in [9.17, 15) is 37.1 Å². The van der Waals surface area contributed by atoms with E-state index in [1.807, 2.05) is 0 Å². The van der Waals surface area contributed by atoms with Gasteiger partial charge in [0.2, 0.25) is 12.2 Å². The second-order valence-corrected chi connectivity index (χ2v) is 6.94. The average Bonchev–Trinajstić information content (AvgIpc) is 2.80. The van der Waals surface area contributed by atoms with Crippen molar-refractivity contribution >= 4 is 18.1 Å². The first-order chi connectivity index (χ1) is 15.6. The summed E-state index contributed by atoms with van der Waals surface area (Å²) in [6.45, 7) is 1.30. The molecule has 0 spiro atoms. The molecular weight excluding hydrogens is 443 g/mol. The van der Waals surface area contributed by atoms with Gasteiger partial charge in [0.25, 0.3) is 11.5 Å². The normalized spacial score (nSPS) is 12.1. The van der Waals surface area contributed by atoms with Gasteiger partial charge >= 0.3 is 11.9 Å². The van der Waals surface area contributed by atoms with Gasteiger partial charge in [0.15, 0.2) is 6.17 Å². The van der Waals surface area contributed by atoms with Crippen LogP contribution in [0.3, 0.4) is 0 Å². The molecule has 3 rings (SSSR count). The number of nitrogens with one attached hydrogen (secondary N) is 1. The monoisotopic (exact) mass is 459 g/mol. The maximum absolute atomic E-state index is 13.0. The number of carbonyl (C=O) groups excluding carboxylic acids is 3. The van der Waals surface area contributed by atoms with Crippen molar-refractivity contribution in [2.75, 3.05) is 0 Å². The number of carbonyl (C=O) groups is 3. The summed E-state index contributed by atoms with van der Waals surface area (Å²) in [5.74, 6) is -1.88. The highest BCUT2D eigenvalue weighted by molar-refractivity contribution is 5.99. The molecule has 0 bridgehead atoms. The van der Waals surface area contributed by atoms with Crippen molar-refractivity contribution in [2.45, 2.75) is 19.3 Å².